The third-order valence-corrected chi connectivity index (χ3v) is 2.10. The minimum atomic E-state index is -0.137. The molecule has 0 bridgehead atoms. The quantitative estimate of drug-likeness (QED) is 0.724. The fourth-order valence-corrected chi connectivity index (χ4v) is 1.15. The summed E-state index contributed by atoms with van der Waals surface area (Å²) in [7, 11) is 1.59. The molecule has 0 spiro atoms. The maximum Gasteiger partial charge on any atom is 0.254 e. The Morgan fingerprint density at radius 1 is 1.46 bits per heavy atom. The molecular formula is C9H11N3O. The summed E-state index contributed by atoms with van der Waals surface area (Å²) in [5, 5.41) is 2.53. The van der Waals surface area contributed by atoms with E-state index in [0.717, 1.165) is 5.82 Å². The number of nitrogens with one attached hydrogen (secondary N) is 1. The first-order valence-electron chi connectivity index (χ1n) is 4.35. The second kappa shape index (κ2) is 3.12. The van der Waals surface area contributed by atoms with Crippen LogP contribution in [0.5, 0.6) is 0 Å². The molecule has 1 aliphatic rings. The predicted molar refractivity (Wildman–Crippen MR) is 47.4 cm³/mol. The number of hydrogen-bond donors (Lipinski definition) is 1. The normalized spacial score (nSPS) is 15.5. The molecule has 0 saturated heterocycles. The molecule has 0 unspecified atom stereocenters. The van der Waals surface area contributed by atoms with Crippen molar-refractivity contribution >= 4 is 5.91 Å². The SMILES string of the molecule is CNC(=O)c1cnc(C2CC2)nc1. The highest BCUT2D eigenvalue weighted by atomic mass is 16.1. The number of aromatic nitrogens is 2. The van der Waals surface area contributed by atoms with Crippen LogP contribution < -0.4 is 5.32 Å². The van der Waals surface area contributed by atoms with Gasteiger partial charge < -0.3 is 5.32 Å². The van der Waals surface area contributed by atoms with Crippen molar-refractivity contribution in [2.24, 2.45) is 0 Å². The van der Waals surface area contributed by atoms with Crippen LogP contribution in [0.25, 0.3) is 0 Å². The Labute approximate surface area is 76.4 Å². The minimum absolute atomic E-state index is 0.137. The van der Waals surface area contributed by atoms with Crippen molar-refractivity contribution in [2.45, 2.75) is 18.8 Å². The van der Waals surface area contributed by atoms with Gasteiger partial charge in [0.2, 0.25) is 0 Å². The molecule has 1 amide bonds. The first-order chi connectivity index (χ1) is 6.31. The van der Waals surface area contributed by atoms with Gasteiger partial charge in [-0.1, -0.05) is 0 Å². The molecule has 1 heterocycles. The highest BCUT2D eigenvalue weighted by Gasteiger charge is 2.26. The molecule has 2 rings (SSSR count). The molecular weight excluding hydrogens is 166 g/mol. The lowest BCUT2D eigenvalue weighted by atomic mass is 10.3. The van der Waals surface area contributed by atoms with E-state index >= 15 is 0 Å². The van der Waals surface area contributed by atoms with Crippen molar-refractivity contribution in [2.75, 3.05) is 7.05 Å². The van der Waals surface area contributed by atoms with Crippen LogP contribution in [0.1, 0.15) is 34.9 Å². The number of hydrogen-bond acceptors (Lipinski definition) is 3. The van der Waals surface area contributed by atoms with Crippen LogP contribution in [-0.2, 0) is 0 Å². The number of rotatable bonds is 2. The van der Waals surface area contributed by atoms with Crippen molar-refractivity contribution in [1.82, 2.24) is 15.3 Å². The molecule has 68 valence electrons. The second-order valence-electron chi connectivity index (χ2n) is 3.18. The fourth-order valence-electron chi connectivity index (χ4n) is 1.15. The van der Waals surface area contributed by atoms with Crippen LogP contribution >= 0.6 is 0 Å². The molecule has 1 aromatic heterocycles. The molecule has 1 N–H and O–H groups in total. The van der Waals surface area contributed by atoms with Crippen molar-refractivity contribution in [1.29, 1.82) is 0 Å². The zero-order valence-electron chi connectivity index (χ0n) is 7.45. The van der Waals surface area contributed by atoms with E-state index in [1.807, 2.05) is 0 Å². The van der Waals surface area contributed by atoms with E-state index in [1.165, 1.54) is 12.8 Å². The van der Waals surface area contributed by atoms with Gasteiger partial charge in [0.15, 0.2) is 0 Å². The zero-order valence-corrected chi connectivity index (χ0v) is 7.45. The van der Waals surface area contributed by atoms with E-state index in [1.54, 1.807) is 19.4 Å². The summed E-state index contributed by atoms with van der Waals surface area (Å²) in [5.41, 5.74) is 0.520. The maximum absolute atomic E-state index is 11.1. The van der Waals surface area contributed by atoms with Gasteiger partial charge in [0.05, 0.1) is 5.56 Å². The van der Waals surface area contributed by atoms with Gasteiger partial charge in [-0.25, -0.2) is 9.97 Å². The van der Waals surface area contributed by atoms with E-state index < -0.39 is 0 Å². The zero-order chi connectivity index (χ0) is 9.26. The summed E-state index contributed by atoms with van der Waals surface area (Å²) < 4.78 is 0. The molecule has 0 aromatic carbocycles. The maximum atomic E-state index is 11.1. The summed E-state index contributed by atoms with van der Waals surface area (Å²) in [6, 6.07) is 0. The fraction of sp³-hybridized carbons (Fsp3) is 0.444. The van der Waals surface area contributed by atoms with E-state index in [-0.39, 0.29) is 5.91 Å². The van der Waals surface area contributed by atoms with E-state index in [4.69, 9.17) is 0 Å². The molecule has 1 fully saturated rings. The highest BCUT2D eigenvalue weighted by molar-refractivity contribution is 5.93. The van der Waals surface area contributed by atoms with Crippen molar-refractivity contribution in [3.63, 3.8) is 0 Å². The highest BCUT2D eigenvalue weighted by Crippen LogP contribution is 2.37. The lowest BCUT2D eigenvalue weighted by Gasteiger charge is -1.99. The molecule has 4 nitrogen and oxygen atoms in total. The van der Waals surface area contributed by atoms with Crippen LogP contribution in [-0.4, -0.2) is 22.9 Å². The van der Waals surface area contributed by atoms with Gasteiger partial charge in [0.1, 0.15) is 5.82 Å². The third-order valence-electron chi connectivity index (χ3n) is 2.10. The van der Waals surface area contributed by atoms with Crippen molar-refractivity contribution in [3.05, 3.63) is 23.8 Å². The summed E-state index contributed by atoms with van der Waals surface area (Å²) in [6.07, 6.45) is 5.53. The summed E-state index contributed by atoms with van der Waals surface area (Å²) in [5.74, 6) is 1.27. The van der Waals surface area contributed by atoms with Gasteiger partial charge in [0.25, 0.3) is 5.91 Å². The van der Waals surface area contributed by atoms with E-state index in [0.29, 0.717) is 11.5 Å². The summed E-state index contributed by atoms with van der Waals surface area (Å²) >= 11 is 0. The van der Waals surface area contributed by atoms with Gasteiger partial charge in [-0.3, -0.25) is 4.79 Å². The summed E-state index contributed by atoms with van der Waals surface area (Å²) in [6.45, 7) is 0. The van der Waals surface area contributed by atoms with Gasteiger partial charge in [-0.2, -0.15) is 0 Å². The number of carbonyl (C=O) groups is 1. The Kier molecular flexibility index (Phi) is 1.96. The molecule has 0 aliphatic heterocycles. The first kappa shape index (κ1) is 8.16. The molecule has 4 heteroatoms. The Morgan fingerprint density at radius 2 is 2.08 bits per heavy atom. The Hall–Kier alpha value is -1.45. The molecule has 1 aliphatic carbocycles. The Morgan fingerprint density at radius 3 is 2.54 bits per heavy atom. The van der Waals surface area contributed by atoms with Gasteiger partial charge in [-0.05, 0) is 12.8 Å². The average Bonchev–Trinajstić information content (AvgIpc) is 3.00. The number of carbonyl (C=O) groups excluding carboxylic acids is 1. The minimum Gasteiger partial charge on any atom is -0.355 e. The Balaban J connectivity index is 2.17. The van der Waals surface area contributed by atoms with Crippen LogP contribution in [0.2, 0.25) is 0 Å². The van der Waals surface area contributed by atoms with Crippen LogP contribution in [0.3, 0.4) is 0 Å². The molecule has 13 heavy (non-hydrogen) atoms. The lowest BCUT2D eigenvalue weighted by molar-refractivity contribution is 0.0962. The molecule has 1 saturated carbocycles. The van der Waals surface area contributed by atoms with Gasteiger partial charge in [-0.15, -0.1) is 0 Å². The smallest absolute Gasteiger partial charge is 0.254 e. The topological polar surface area (TPSA) is 54.9 Å². The first-order valence-corrected chi connectivity index (χ1v) is 4.35. The number of nitrogens with zero attached hydrogens (tertiary/aromatic N) is 2. The molecule has 0 atom stereocenters. The van der Waals surface area contributed by atoms with Crippen LogP contribution in [0.4, 0.5) is 0 Å². The monoisotopic (exact) mass is 177 g/mol. The molecule has 0 radical (unpaired) electrons. The summed E-state index contributed by atoms with van der Waals surface area (Å²) in [4.78, 5) is 19.4. The van der Waals surface area contributed by atoms with E-state index in [2.05, 4.69) is 15.3 Å². The lowest BCUT2D eigenvalue weighted by Crippen LogP contribution is -2.18. The van der Waals surface area contributed by atoms with Gasteiger partial charge in [0, 0.05) is 25.4 Å². The predicted octanol–water partition coefficient (Wildman–Crippen LogP) is 0.714. The largest absolute Gasteiger partial charge is 0.355 e. The molecule has 1 aromatic rings. The van der Waals surface area contributed by atoms with Crippen LogP contribution in [0, 0.1) is 0 Å². The standard InChI is InChI=1S/C9H11N3O/c1-10-9(13)7-4-11-8(12-5-7)6-2-3-6/h4-6H,2-3H2,1H3,(H,10,13). The second-order valence-corrected chi connectivity index (χ2v) is 3.18. The number of amides is 1. The average molecular weight is 177 g/mol. The van der Waals surface area contributed by atoms with Gasteiger partial charge >= 0.3 is 0 Å². The van der Waals surface area contributed by atoms with Crippen molar-refractivity contribution < 1.29 is 4.79 Å². The van der Waals surface area contributed by atoms with E-state index in [9.17, 15) is 4.79 Å². The van der Waals surface area contributed by atoms with Crippen molar-refractivity contribution in [3.8, 4) is 0 Å². The Bertz CT molecular complexity index is 316. The third kappa shape index (κ3) is 1.66. The van der Waals surface area contributed by atoms with Crippen LogP contribution in [0.15, 0.2) is 12.4 Å².